The van der Waals surface area contributed by atoms with E-state index in [0.29, 0.717) is 35.1 Å². The molecule has 45 heavy (non-hydrogen) atoms. The molecular weight excluding hydrogens is 604 g/mol. The molecule has 1 fully saturated rings. The molecule has 0 amide bonds. The minimum absolute atomic E-state index is 0.00249. The zero-order valence-corrected chi connectivity index (χ0v) is 26.3. The molecule has 0 bridgehead atoms. The average molecular weight is 638 g/mol. The van der Waals surface area contributed by atoms with Crippen LogP contribution in [0.4, 0.5) is 8.78 Å². The van der Waals surface area contributed by atoms with Gasteiger partial charge in [-0.25, -0.2) is 13.6 Å². The zero-order valence-electron chi connectivity index (χ0n) is 25.5. The number of benzene rings is 2. The van der Waals surface area contributed by atoms with E-state index < -0.39 is 17.6 Å². The van der Waals surface area contributed by atoms with Crippen LogP contribution in [0.3, 0.4) is 0 Å². The molecule has 11 heteroatoms. The quantitative estimate of drug-likeness (QED) is 0.161. The van der Waals surface area contributed by atoms with Crippen LogP contribution in [0.1, 0.15) is 97.6 Å². The lowest BCUT2D eigenvalue weighted by Crippen LogP contribution is -2.18. The van der Waals surface area contributed by atoms with Gasteiger partial charge < -0.3 is 18.7 Å². The first-order chi connectivity index (χ1) is 21.7. The maximum absolute atomic E-state index is 14.7. The summed E-state index contributed by atoms with van der Waals surface area (Å²) < 4.78 is 54.0. The van der Waals surface area contributed by atoms with Gasteiger partial charge in [-0.1, -0.05) is 35.8 Å². The van der Waals surface area contributed by atoms with Gasteiger partial charge in [-0.3, -0.25) is 4.68 Å². The Labute approximate surface area is 264 Å². The van der Waals surface area contributed by atoms with E-state index >= 15 is 0 Å². The summed E-state index contributed by atoms with van der Waals surface area (Å²) in [6, 6.07) is 10.9. The number of esters is 1. The maximum atomic E-state index is 14.7. The first-order valence-electron chi connectivity index (χ1n) is 15.1. The number of hydrogen-bond acceptors (Lipinski definition) is 7. The molecule has 4 aromatic rings. The van der Waals surface area contributed by atoms with Crippen LogP contribution in [-0.4, -0.2) is 34.6 Å². The summed E-state index contributed by atoms with van der Waals surface area (Å²) in [5.74, 6) is -0.701. The summed E-state index contributed by atoms with van der Waals surface area (Å²) in [6.45, 7) is 6.51. The van der Waals surface area contributed by atoms with Crippen molar-refractivity contribution in [2.45, 2.75) is 71.1 Å². The summed E-state index contributed by atoms with van der Waals surface area (Å²) in [5.41, 5.74) is 4.48. The largest absolute Gasteiger partial charge is 0.489 e. The van der Waals surface area contributed by atoms with Gasteiger partial charge in [-0.05, 0) is 80.2 Å². The van der Waals surface area contributed by atoms with E-state index in [9.17, 15) is 13.6 Å². The maximum Gasteiger partial charge on any atom is 0.358 e. The van der Waals surface area contributed by atoms with Gasteiger partial charge in [0, 0.05) is 18.4 Å². The molecular formula is C34H34ClF2N3O5. The van der Waals surface area contributed by atoms with Gasteiger partial charge in [0.2, 0.25) is 0 Å². The van der Waals surface area contributed by atoms with Gasteiger partial charge in [-0.15, -0.1) is 0 Å². The molecule has 3 heterocycles. The second-order valence-electron chi connectivity index (χ2n) is 11.6. The monoisotopic (exact) mass is 637 g/mol. The van der Waals surface area contributed by atoms with E-state index in [4.69, 9.17) is 30.3 Å². The minimum atomic E-state index is -0.718. The number of halogens is 3. The van der Waals surface area contributed by atoms with Crippen molar-refractivity contribution in [3.63, 3.8) is 0 Å². The van der Waals surface area contributed by atoms with Gasteiger partial charge in [0.05, 0.1) is 41.7 Å². The lowest BCUT2D eigenvalue weighted by atomic mass is 9.91. The van der Waals surface area contributed by atoms with Crippen LogP contribution < -0.4 is 4.74 Å². The number of aromatic nitrogens is 3. The van der Waals surface area contributed by atoms with E-state index in [0.717, 1.165) is 41.7 Å². The SMILES string of the molecule is CCC1=C(c2cc(C(=O)OC)nn2C(C)C)CC(c2ccc(OCc3c(-c4c(F)cccc4F)noc3C3CC3)cc2Cl)OC1. The van der Waals surface area contributed by atoms with Gasteiger partial charge in [0.15, 0.2) is 5.69 Å². The molecule has 0 spiro atoms. The van der Waals surface area contributed by atoms with E-state index in [1.807, 2.05) is 24.6 Å². The standard InChI is InChI=1S/C34H34ClF2N3O5/c1-5-19-16-44-30(14-23(19)29-15-28(34(41)42-4)38-40(29)18(2)3)22-12-11-21(13-25(22)35)43-17-24-32(39-45-33(24)20-9-10-20)31-26(36)7-6-8-27(31)37/h6-8,11-13,15,18,20,30H,5,9-10,14,16-17H2,1-4H3. The Morgan fingerprint density at radius 1 is 1.16 bits per heavy atom. The van der Waals surface area contributed by atoms with Crippen molar-refractivity contribution in [2.24, 2.45) is 0 Å². The summed E-state index contributed by atoms with van der Waals surface area (Å²) in [6.07, 6.45) is 2.81. The highest BCUT2D eigenvalue weighted by Gasteiger charge is 2.34. The Hall–Kier alpha value is -4.02. The van der Waals surface area contributed by atoms with Crippen molar-refractivity contribution in [1.82, 2.24) is 14.9 Å². The molecule has 236 valence electrons. The summed E-state index contributed by atoms with van der Waals surface area (Å²) in [4.78, 5) is 12.3. The Bertz CT molecular complexity index is 1750. The van der Waals surface area contributed by atoms with E-state index in [1.165, 1.54) is 25.3 Å². The molecule has 2 aliphatic rings. The highest BCUT2D eigenvalue weighted by Crippen LogP contribution is 2.45. The summed E-state index contributed by atoms with van der Waals surface area (Å²) in [5, 5.41) is 9.02. The molecule has 1 atom stereocenters. The molecule has 0 N–H and O–H groups in total. The number of ether oxygens (including phenoxy) is 3. The average Bonchev–Trinajstić information content (AvgIpc) is 3.63. The Morgan fingerprint density at radius 2 is 1.91 bits per heavy atom. The van der Waals surface area contributed by atoms with E-state index in [1.54, 1.807) is 18.2 Å². The molecule has 6 rings (SSSR count). The molecule has 2 aromatic heterocycles. The number of hydrogen-bond donors (Lipinski definition) is 0. The third-order valence-electron chi connectivity index (χ3n) is 8.30. The fourth-order valence-electron chi connectivity index (χ4n) is 5.76. The van der Waals surface area contributed by atoms with Crippen molar-refractivity contribution in [2.75, 3.05) is 13.7 Å². The molecule has 0 saturated heterocycles. The minimum Gasteiger partial charge on any atom is -0.489 e. The zero-order chi connectivity index (χ0) is 31.8. The Balaban J connectivity index is 1.24. The molecule has 1 saturated carbocycles. The fraction of sp³-hybridized carbons (Fsp3) is 0.382. The number of carbonyl (C=O) groups is 1. The number of carbonyl (C=O) groups excluding carboxylic acids is 1. The summed E-state index contributed by atoms with van der Waals surface area (Å²) in [7, 11) is 1.34. The Morgan fingerprint density at radius 3 is 2.56 bits per heavy atom. The van der Waals surface area contributed by atoms with Crippen molar-refractivity contribution in [1.29, 1.82) is 0 Å². The highest BCUT2D eigenvalue weighted by atomic mass is 35.5. The summed E-state index contributed by atoms with van der Waals surface area (Å²) >= 11 is 6.81. The van der Waals surface area contributed by atoms with E-state index in [-0.39, 0.29) is 41.6 Å². The van der Waals surface area contributed by atoms with Crippen LogP contribution in [0.2, 0.25) is 5.02 Å². The lowest BCUT2D eigenvalue weighted by Gasteiger charge is -2.29. The van der Waals surface area contributed by atoms with Crippen LogP contribution >= 0.6 is 11.6 Å². The number of nitrogens with zero attached hydrogens (tertiary/aromatic N) is 3. The smallest absolute Gasteiger partial charge is 0.358 e. The fourth-order valence-corrected chi connectivity index (χ4v) is 6.05. The van der Waals surface area contributed by atoms with Gasteiger partial charge in [0.25, 0.3) is 0 Å². The Kier molecular flexibility index (Phi) is 8.79. The van der Waals surface area contributed by atoms with Crippen LogP contribution in [0, 0.1) is 11.6 Å². The van der Waals surface area contributed by atoms with Crippen LogP contribution in [0.25, 0.3) is 16.8 Å². The van der Waals surface area contributed by atoms with Crippen LogP contribution in [0.5, 0.6) is 5.75 Å². The predicted molar refractivity (Wildman–Crippen MR) is 164 cm³/mol. The third kappa shape index (κ3) is 6.13. The molecule has 1 unspecified atom stereocenters. The normalized spacial score (nSPS) is 16.8. The second-order valence-corrected chi connectivity index (χ2v) is 12.0. The molecule has 2 aromatic carbocycles. The number of rotatable bonds is 10. The van der Waals surface area contributed by atoms with Crippen molar-refractivity contribution in [3.8, 4) is 17.0 Å². The van der Waals surface area contributed by atoms with E-state index in [2.05, 4.69) is 17.2 Å². The van der Waals surface area contributed by atoms with Crippen molar-refractivity contribution >= 4 is 23.1 Å². The number of methoxy groups -OCH3 is 1. The van der Waals surface area contributed by atoms with Crippen LogP contribution in [-0.2, 0) is 16.1 Å². The second kappa shape index (κ2) is 12.8. The molecule has 8 nitrogen and oxygen atoms in total. The first kappa shape index (κ1) is 31.0. The molecule has 1 aliphatic heterocycles. The molecule has 0 radical (unpaired) electrons. The highest BCUT2D eigenvalue weighted by molar-refractivity contribution is 6.31. The molecule has 1 aliphatic carbocycles. The van der Waals surface area contributed by atoms with Gasteiger partial charge in [-0.2, -0.15) is 5.10 Å². The first-order valence-corrected chi connectivity index (χ1v) is 15.4. The van der Waals surface area contributed by atoms with Crippen molar-refractivity contribution < 1.29 is 32.3 Å². The van der Waals surface area contributed by atoms with Crippen molar-refractivity contribution in [3.05, 3.63) is 93.0 Å². The van der Waals surface area contributed by atoms with Gasteiger partial charge >= 0.3 is 5.97 Å². The predicted octanol–water partition coefficient (Wildman–Crippen LogP) is 8.62. The van der Waals surface area contributed by atoms with Crippen LogP contribution in [0.15, 0.2) is 52.6 Å². The lowest BCUT2D eigenvalue weighted by molar-refractivity contribution is 0.0592. The third-order valence-corrected chi connectivity index (χ3v) is 8.63. The van der Waals surface area contributed by atoms with Gasteiger partial charge in [0.1, 0.15) is 35.4 Å². The topological polar surface area (TPSA) is 88.6 Å².